The van der Waals surface area contributed by atoms with Crippen LogP contribution in [0, 0.1) is 5.92 Å². The van der Waals surface area contributed by atoms with Crippen molar-refractivity contribution >= 4 is 10.2 Å². The average molecular weight is 296 g/mol. The minimum Gasteiger partial charge on any atom is -0.202 e. The quantitative estimate of drug-likeness (QED) is 0.818. The van der Waals surface area contributed by atoms with Crippen LogP contribution >= 0.6 is 0 Å². The van der Waals surface area contributed by atoms with Crippen LogP contribution in [0.5, 0.6) is 0 Å². The Kier molecular flexibility index (Phi) is 5.57. The lowest BCUT2D eigenvalue weighted by molar-refractivity contribution is 0.278. The number of hydrogen-bond acceptors (Lipinski definition) is 2. The van der Waals surface area contributed by atoms with Crippen molar-refractivity contribution in [2.75, 3.05) is 19.6 Å². The molecule has 0 bridgehead atoms. The summed E-state index contributed by atoms with van der Waals surface area (Å²) in [5.41, 5.74) is 1.25. The Labute approximate surface area is 122 Å². The first-order valence-corrected chi connectivity index (χ1v) is 8.80. The summed E-state index contributed by atoms with van der Waals surface area (Å²) in [6.45, 7) is 3.91. The maximum Gasteiger partial charge on any atom is 0.279 e. The number of rotatable bonds is 6. The van der Waals surface area contributed by atoms with Crippen molar-refractivity contribution < 1.29 is 8.42 Å². The minimum absolute atomic E-state index is 0.463. The summed E-state index contributed by atoms with van der Waals surface area (Å²) in [4.78, 5) is 0. The molecule has 0 radical (unpaired) electrons. The molecule has 112 valence electrons. The van der Waals surface area contributed by atoms with Gasteiger partial charge in [-0.3, -0.25) is 0 Å². The van der Waals surface area contributed by atoms with Gasteiger partial charge in [0, 0.05) is 19.6 Å². The van der Waals surface area contributed by atoms with Gasteiger partial charge in [-0.15, -0.1) is 0 Å². The maximum absolute atomic E-state index is 12.2. The Balaban J connectivity index is 1.75. The summed E-state index contributed by atoms with van der Waals surface area (Å²) >= 11 is 0. The van der Waals surface area contributed by atoms with Gasteiger partial charge in [-0.2, -0.15) is 12.7 Å². The van der Waals surface area contributed by atoms with Crippen LogP contribution in [-0.4, -0.2) is 32.4 Å². The predicted octanol–water partition coefficient (Wildman–Crippen LogP) is 2.19. The molecule has 20 heavy (non-hydrogen) atoms. The summed E-state index contributed by atoms with van der Waals surface area (Å²) < 4.78 is 28.6. The number of aryl methyl sites for hydroxylation is 1. The fourth-order valence-corrected chi connectivity index (χ4v) is 4.00. The molecule has 1 saturated heterocycles. The topological polar surface area (TPSA) is 49.4 Å². The number of nitrogens with zero attached hydrogens (tertiary/aromatic N) is 1. The van der Waals surface area contributed by atoms with Gasteiger partial charge in [-0.1, -0.05) is 37.3 Å². The molecule has 1 aromatic carbocycles. The molecule has 1 heterocycles. The monoisotopic (exact) mass is 296 g/mol. The Morgan fingerprint density at radius 1 is 1.30 bits per heavy atom. The Morgan fingerprint density at radius 2 is 2.05 bits per heavy atom. The SMILES string of the molecule is CC1CCCN(S(=O)(=O)NCCCc2ccccc2)C1. The first kappa shape index (κ1) is 15.5. The van der Waals surface area contributed by atoms with E-state index in [1.54, 1.807) is 4.31 Å². The van der Waals surface area contributed by atoms with E-state index in [-0.39, 0.29) is 0 Å². The third-order valence-corrected chi connectivity index (χ3v) is 5.31. The molecule has 1 fully saturated rings. The molecule has 0 aromatic heterocycles. The van der Waals surface area contributed by atoms with Crippen LogP contribution in [-0.2, 0) is 16.6 Å². The zero-order valence-corrected chi connectivity index (χ0v) is 12.9. The third kappa shape index (κ3) is 4.58. The van der Waals surface area contributed by atoms with Gasteiger partial charge in [-0.25, -0.2) is 4.72 Å². The van der Waals surface area contributed by atoms with E-state index in [0.717, 1.165) is 25.7 Å². The standard InChI is InChI=1S/C15H24N2O2S/c1-14-7-6-12-17(13-14)20(18,19)16-11-5-10-15-8-3-2-4-9-15/h2-4,8-9,14,16H,5-7,10-13H2,1H3. The van der Waals surface area contributed by atoms with Gasteiger partial charge in [0.05, 0.1) is 0 Å². The molecule has 1 unspecified atom stereocenters. The molecular formula is C15H24N2O2S. The summed E-state index contributed by atoms with van der Waals surface area (Å²) in [6.07, 6.45) is 3.82. The fraction of sp³-hybridized carbons (Fsp3) is 0.600. The van der Waals surface area contributed by atoms with Crippen molar-refractivity contribution in [3.05, 3.63) is 35.9 Å². The van der Waals surface area contributed by atoms with E-state index < -0.39 is 10.2 Å². The molecule has 1 aliphatic heterocycles. The highest BCUT2D eigenvalue weighted by Gasteiger charge is 2.26. The van der Waals surface area contributed by atoms with Gasteiger partial charge in [-0.05, 0) is 37.2 Å². The molecule has 0 amide bonds. The minimum atomic E-state index is -3.29. The number of hydrogen-bond donors (Lipinski definition) is 1. The van der Waals surface area contributed by atoms with E-state index in [1.165, 1.54) is 5.56 Å². The van der Waals surface area contributed by atoms with Gasteiger partial charge < -0.3 is 0 Å². The predicted molar refractivity (Wildman–Crippen MR) is 81.7 cm³/mol. The Bertz CT molecular complexity index is 502. The zero-order chi connectivity index (χ0) is 14.4. The van der Waals surface area contributed by atoms with Crippen LogP contribution < -0.4 is 4.72 Å². The summed E-state index contributed by atoms with van der Waals surface area (Å²) in [6, 6.07) is 10.1. The Hall–Kier alpha value is -0.910. The van der Waals surface area contributed by atoms with Crippen LogP contribution in [0.4, 0.5) is 0 Å². The highest BCUT2D eigenvalue weighted by Crippen LogP contribution is 2.17. The van der Waals surface area contributed by atoms with Crippen molar-refractivity contribution in [1.29, 1.82) is 0 Å². The molecule has 1 aromatic rings. The van der Waals surface area contributed by atoms with E-state index in [4.69, 9.17) is 0 Å². The van der Waals surface area contributed by atoms with Crippen LogP contribution in [0.3, 0.4) is 0 Å². The van der Waals surface area contributed by atoms with E-state index in [2.05, 4.69) is 23.8 Å². The number of piperidine rings is 1. The first-order chi connectivity index (χ1) is 9.58. The molecule has 0 saturated carbocycles. The highest BCUT2D eigenvalue weighted by molar-refractivity contribution is 7.87. The summed E-state index contributed by atoms with van der Waals surface area (Å²) in [5.74, 6) is 0.463. The molecule has 4 nitrogen and oxygen atoms in total. The molecule has 2 rings (SSSR count). The van der Waals surface area contributed by atoms with Crippen molar-refractivity contribution in [3.63, 3.8) is 0 Å². The van der Waals surface area contributed by atoms with E-state index in [9.17, 15) is 8.42 Å². The van der Waals surface area contributed by atoms with E-state index in [0.29, 0.717) is 25.6 Å². The van der Waals surface area contributed by atoms with Gasteiger partial charge in [0.1, 0.15) is 0 Å². The molecule has 1 N–H and O–H groups in total. The van der Waals surface area contributed by atoms with Gasteiger partial charge in [0.25, 0.3) is 10.2 Å². The molecule has 1 atom stereocenters. The van der Waals surface area contributed by atoms with Gasteiger partial charge in [0.2, 0.25) is 0 Å². The van der Waals surface area contributed by atoms with E-state index >= 15 is 0 Å². The van der Waals surface area contributed by atoms with Gasteiger partial charge >= 0.3 is 0 Å². The second-order valence-electron chi connectivity index (χ2n) is 5.59. The van der Waals surface area contributed by atoms with Gasteiger partial charge in [0.15, 0.2) is 0 Å². The summed E-state index contributed by atoms with van der Waals surface area (Å²) in [7, 11) is -3.29. The molecule has 0 aliphatic carbocycles. The summed E-state index contributed by atoms with van der Waals surface area (Å²) in [5, 5.41) is 0. The third-order valence-electron chi connectivity index (χ3n) is 3.73. The van der Waals surface area contributed by atoms with Crippen molar-refractivity contribution in [1.82, 2.24) is 9.03 Å². The normalized spacial score (nSPS) is 20.9. The lowest BCUT2D eigenvalue weighted by Crippen LogP contribution is -2.45. The van der Waals surface area contributed by atoms with Crippen LogP contribution in [0.2, 0.25) is 0 Å². The number of benzene rings is 1. The second kappa shape index (κ2) is 7.20. The average Bonchev–Trinajstić information content (AvgIpc) is 2.45. The molecule has 1 aliphatic rings. The van der Waals surface area contributed by atoms with Crippen LogP contribution in [0.25, 0.3) is 0 Å². The first-order valence-electron chi connectivity index (χ1n) is 7.36. The van der Waals surface area contributed by atoms with Crippen LogP contribution in [0.15, 0.2) is 30.3 Å². The van der Waals surface area contributed by atoms with Crippen LogP contribution in [0.1, 0.15) is 31.7 Å². The largest absolute Gasteiger partial charge is 0.279 e. The number of nitrogens with one attached hydrogen (secondary N) is 1. The highest BCUT2D eigenvalue weighted by atomic mass is 32.2. The van der Waals surface area contributed by atoms with E-state index in [1.807, 2.05) is 18.2 Å². The molecular weight excluding hydrogens is 272 g/mol. The fourth-order valence-electron chi connectivity index (χ4n) is 2.59. The Morgan fingerprint density at radius 3 is 2.75 bits per heavy atom. The zero-order valence-electron chi connectivity index (χ0n) is 12.1. The lowest BCUT2D eigenvalue weighted by atomic mass is 10.0. The lowest BCUT2D eigenvalue weighted by Gasteiger charge is -2.29. The van der Waals surface area contributed by atoms with Crippen molar-refractivity contribution in [2.45, 2.75) is 32.6 Å². The second-order valence-corrected chi connectivity index (χ2v) is 7.35. The molecule has 0 spiro atoms. The van der Waals surface area contributed by atoms with Crippen molar-refractivity contribution in [3.8, 4) is 0 Å². The molecule has 5 heteroatoms. The smallest absolute Gasteiger partial charge is 0.202 e. The van der Waals surface area contributed by atoms with Crippen molar-refractivity contribution in [2.24, 2.45) is 5.92 Å². The maximum atomic E-state index is 12.2.